The van der Waals surface area contributed by atoms with Crippen molar-refractivity contribution in [1.29, 1.82) is 0 Å². The molecule has 2 rings (SSSR count). The standard InChI is InChI=1S/C17H28N6S.HI/c1-6-18-17(21-10-16-19-9-15(5)24-16)20-8-12(2)11-23-14(4)7-13(3)22-23;/h7,9,12H,6,8,10-11H2,1-5H3,(H2,18,20,21);1H. The number of hydrogen-bond donors (Lipinski definition) is 2. The summed E-state index contributed by atoms with van der Waals surface area (Å²) in [5.74, 6) is 1.29. The minimum absolute atomic E-state index is 0. The van der Waals surface area contributed by atoms with Gasteiger partial charge in [0.05, 0.1) is 12.2 Å². The van der Waals surface area contributed by atoms with Crippen molar-refractivity contribution in [3.63, 3.8) is 0 Å². The highest BCUT2D eigenvalue weighted by atomic mass is 127. The molecule has 0 radical (unpaired) electrons. The second-order valence-corrected chi connectivity index (χ2v) is 7.47. The second-order valence-electron chi connectivity index (χ2n) is 6.16. The number of halogens is 1. The van der Waals surface area contributed by atoms with Gasteiger partial charge >= 0.3 is 0 Å². The highest BCUT2D eigenvalue weighted by Gasteiger charge is 2.08. The van der Waals surface area contributed by atoms with Gasteiger partial charge in [-0.15, -0.1) is 35.3 Å². The minimum atomic E-state index is 0. The van der Waals surface area contributed by atoms with E-state index in [1.54, 1.807) is 11.3 Å². The molecule has 140 valence electrons. The van der Waals surface area contributed by atoms with Crippen molar-refractivity contribution < 1.29 is 0 Å². The van der Waals surface area contributed by atoms with Crippen molar-refractivity contribution in [3.8, 4) is 0 Å². The zero-order valence-corrected chi connectivity index (χ0v) is 18.8. The Balaban J connectivity index is 0.00000312. The molecule has 6 nitrogen and oxygen atoms in total. The van der Waals surface area contributed by atoms with E-state index >= 15 is 0 Å². The molecule has 2 heterocycles. The highest BCUT2D eigenvalue weighted by Crippen LogP contribution is 2.11. The fourth-order valence-corrected chi connectivity index (χ4v) is 3.16. The first kappa shape index (κ1) is 21.9. The first-order valence-corrected chi connectivity index (χ1v) is 9.24. The van der Waals surface area contributed by atoms with Crippen LogP contribution in [0.5, 0.6) is 0 Å². The third-order valence-electron chi connectivity index (χ3n) is 3.59. The topological polar surface area (TPSA) is 67.1 Å². The first-order valence-electron chi connectivity index (χ1n) is 8.42. The van der Waals surface area contributed by atoms with E-state index in [-0.39, 0.29) is 24.0 Å². The van der Waals surface area contributed by atoms with Crippen molar-refractivity contribution >= 4 is 41.3 Å². The van der Waals surface area contributed by atoms with Crippen molar-refractivity contribution in [3.05, 3.63) is 33.5 Å². The van der Waals surface area contributed by atoms with Gasteiger partial charge in [-0.2, -0.15) is 5.10 Å². The molecule has 0 aliphatic carbocycles. The summed E-state index contributed by atoms with van der Waals surface area (Å²) in [6.07, 6.45) is 1.90. The summed E-state index contributed by atoms with van der Waals surface area (Å²) in [7, 11) is 0. The van der Waals surface area contributed by atoms with Crippen LogP contribution in [-0.4, -0.2) is 33.8 Å². The highest BCUT2D eigenvalue weighted by molar-refractivity contribution is 14.0. The van der Waals surface area contributed by atoms with Gasteiger partial charge < -0.3 is 10.6 Å². The van der Waals surface area contributed by atoms with E-state index in [0.717, 1.165) is 36.3 Å². The van der Waals surface area contributed by atoms with Crippen molar-refractivity contribution in [2.24, 2.45) is 10.9 Å². The number of rotatable bonds is 7. The lowest BCUT2D eigenvalue weighted by molar-refractivity contribution is 0.436. The maximum atomic E-state index is 4.62. The summed E-state index contributed by atoms with van der Waals surface area (Å²) < 4.78 is 2.07. The summed E-state index contributed by atoms with van der Waals surface area (Å²) >= 11 is 1.69. The van der Waals surface area contributed by atoms with Gasteiger partial charge in [-0.25, -0.2) is 9.98 Å². The Morgan fingerprint density at radius 3 is 2.64 bits per heavy atom. The molecule has 8 heteroatoms. The molecule has 0 aliphatic rings. The Hall–Kier alpha value is -1.16. The predicted octanol–water partition coefficient (Wildman–Crippen LogP) is 3.27. The van der Waals surface area contributed by atoms with Gasteiger partial charge in [-0.1, -0.05) is 6.92 Å². The van der Waals surface area contributed by atoms with Crippen LogP contribution in [0.1, 0.15) is 35.1 Å². The normalized spacial score (nSPS) is 12.6. The van der Waals surface area contributed by atoms with Gasteiger partial charge in [0, 0.05) is 36.4 Å². The van der Waals surface area contributed by atoms with Gasteiger partial charge in [-0.05, 0) is 39.7 Å². The van der Waals surface area contributed by atoms with Crippen LogP contribution in [0.25, 0.3) is 0 Å². The summed E-state index contributed by atoms with van der Waals surface area (Å²) in [5.41, 5.74) is 2.28. The van der Waals surface area contributed by atoms with Crippen molar-refractivity contribution in [2.45, 2.75) is 47.7 Å². The lowest BCUT2D eigenvalue weighted by Gasteiger charge is -2.16. The third kappa shape index (κ3) is 7.31. The van der Waals surface area contributed by atoms with Gasteiger partial charge in [0.25, 0.3) is 0 Å². The average Bonchev–Trinajstić information content (AvgIpc) is 3.07. The van der Waals surface area contributed by atoms with Crippen LogP contribution in [0, 0.1) is 26.7 Å². The number of hydrogen-bond acceptors (Lipinski definition) is 4. The van der Waals surface area contributed by atoms with E-state index in [1.165, 1.54) is 10.6 Å². The summed E-state index contributed by atoms with van der Waals surface area (Å²) in [6, 6.07) is 2.11. The lowest BCUT2D eigenvalue weighted by atomic mass is 10.2. The molecule has 25 heavy (non-hydrogen) atoms. The molecule has 0 saturated carbocycles. The summed E-state index contributed by atoms with van der Waals surface area (Å²) in [4.78, 5) is 10.2. The Labute approximate surface area is 171 Å². The van der Waals surface area contributed by atoms with Crippen LogP contribution in [0.15, 0.2) is 17.3 Å². The SMILES string of the molecule is CCNC(=NCc1ncc(C)s1)NCC(C)Cn1nc(C)cc1C.I. The van der Waals surface area contributed by atoms with Crippen molar-refractivity contribution in [2.75, 3.05) is 13.1 Å². The molecule has 0 aliphatic heterocycles. The van der Waals surface area contributed by atoms with Crippen LogP contribution >= 0.6 is 35.3 Å². The van der Waals surface area contributed by atoms with E-state index in [2.05, 4.69) is 64.2 Å². The molecule has 0 fully saturated rings. The molecule has 2 aromatic rings. The Morgan fingerprint density at radius 2 is 2.08 bits per heavy atom. The monoisotopic (exact) mass is 476 g/mol. The first-order chi connectivity index (χ1) is 11.5. The van der Waals surface area contributed by atoms with E-state index < -0.39 is 0 Å². The Kier molecular flexibility index (Phi) is 9.41. The van der Waals surface area contributed by atoms with Gasteiger partial charge in [0.1, 0.15) is 5.01 Å². The largest absolute Gasteiger partial charge is 0.357 e. The number of aliphatic imine (C=N–C) groups is 1. The summed E-state index contributed by atoms with van der Waals surface area (Å²) in [6.45, 7) is 13.7. The molecular weight excluding hydrogens is 447 g/mol. The van der Waals surface area contributed by atoms with E-state index in [0.29, 0.717) is 12.5 Å². The number of guanidine groups is 1. The molecular formula is C17H29IN6S. The third-order valence-corrected chi connectivity index (χ3v) is 4.49. The zero-order valence-electron chi connectivity index (χ0n) is 15.7. The van der Waals surface area contributed by atoms with Crippen LogP contribution in [0.4, 0.5) is 0 Å². The number of thiazole rings is 1. The molecule has 2 N–H and O–H groups in total. The molecule has 2 aromatic heterocycles. The molecule has 0 amide bonds. The summed E-state index contributed by atoms with van der Waals surface area (Å²) in [5, 5.41) is 12.3. The smallest absolute Gasteiger partial charge is 0.191 e. The molecule has 1 atom stereocenters. The average molecular weight is 476 g/mol. The molecule has 0 spiro atoms. The maximum absolute atomic E-state index is 4.62. The minimum Gasteiger partial charge on any atom is -0.357 e. The second kappa shape index (κ2) is 10.7. The lowest BCUT2D eigenvalue weighted by Crippen LogP contribution is -2.40. The van der Waals surface area contributed by atoms with Gasteiger partial charge in [0.2, 0.25) is 0 Å². The molecule has 0 aromatic carbocycles. The molecule has 0 bridgehead atoms. The van der Waals surface area contributed by atoms with Gasteiger partial charge in [0.15, 0.2) is 5.96 Å². The van der Waals surface area contributed by atoms with Gasteiger partial charge in [-0.3, -0.25) is 4.68 Å². The molecule has 1 unspecified atom stereocenters. The number of aryl methyl sites for hydroxylation is 3. The fourth-order valence-electron chi connectivity index (χ4n) is 2.45. The van der Waals surface area contributed by atoms with Crippen LogP contribution in [0.2, 0.25) is 0 Å². The fraction of sp³-hybridized carbons (Fsp3) is 0.588. The van der Waals surface area contributed by atoms with E-state index in [4.69, 9.17) is 0 Å². The van der Waals surface area contributed by atoms with Crippen LogP contribution < -0.4 is 10.6 Å². The quantitative estimate of drug-likeness (QED) is 0.366. The van der Waals surface area contributed by atoms with E-state index in [9.17, 15) is 0 Å². The zero-order chi connectivity index (χ0) is 17.5. The number of nitrogens with one attached hydrogen (secondary N) is 2. The van der Waals surface area contributed by atoms with Crippen molar-refractivity contribution in [1.82, 2.24) is 25.4 Å². The van der Waals surface area contributed by atoms with Crippen LogP contribution in [-0.2, 0) is 13.1 Å². The van der Waals surface area contributed by atoms with Crippen LogP contribution in [0.3, 0.4) is 0 Å². The Bertz CT molecular complexity index is 678. The Morgan fingerprint density at radius 1 is 1.32 bits per heavy atom. The number of nitrogens with zero attached hydrogens (tertiary/aromatic N) is 4. The molecule has 0 saturated heterocycles. The number of aromatic nitrogens is 3. The predicted molar refractivity (Wildman–Crippen MR) is 116 cm³/mol. The van der Waals surface area contributed by atoms with E-state index in [1.807, 2.05) is 13.1 Å². The maximum Gasteiger partial charge on any atom is 0.191 e.